The summed E-state index contributed by atoms with van der Waals surface area (Å²) in [5.41, 5.74) is 0.212. The van der Waals surface area contributed by atoms with E-state index in [-0.39, 0.29) is 50.1 Å². The van der Waals surface area contributed by atoms with Crippen LogP contribution in [0.5, 0.6) is 5.75 Å². The van der Waals surface area contributed by atoms with E-state index in [2.05, 4.69) is 25.3 Å². The summed E-state index contributed by atoms with van der Waals surface area (Å²) in [6.45, 7) is -0.330. The highest BCUT2D eigenvalue weighted by Gasteiger charge is 2.38. The number of rotatable bonds is 9. The SMILES string of the molecule is CN(c1c(Cl)cncc1Cl)c1nc(C(F)(F)F)nc2c1nc(NC(=O)C(=O)c1cn(Cc3ccc(F)cc3)c3ccc(O)cc13)n2Cc1ccccc1F. The number of nitrogens with zero attached hydrogens (tertiary/aromatic N) is 7. The molecule has 0 radical (unpaired) electrons. The molecule has 0 bridgehead atoms. The van der Waals surface area contributed by atoms with E-state index in [9.17, 15) is 36.6 Å². The van der Waals surface area contributed by atoms with Crippen LogP contribution < -0.4 is 10.2 Å². The fourth-order valence-corrected chi connectivity index (χ4v) is 6.50. The Kier molecular flexibility index (Phi) is 9.41. The van der Waals surface area contributed by atoms with E-state index in [1.807, 2.05) is 0 Å². The number of phenols is 1. The van der Waals surface area contributed by atoms with Crippen molar-refractivity contribution in [1.82, 2.24) is 29.1 Å². The third kappa shape index (κ3) is 6.88. The molecule has 0 aliphatic rings. The van der Waals surface area contributed by atoms with Crippen LogP contribution in [-0.4, -0.2) is 52.9 Å². The van der Waals surface area contributed by atoms with Gasteiger partial charge in [-0.05, 0) is 42.0 Å². The van der Waals surface area contributed by atoms with Crippen molar-refractivity contribution in [1.29, 1.82) is 0 Å². The zero-order valence-electron chi connectivity index (χ0n) is 27.5. The van der Waals surface area contributed by atoms with Crippen molar-refractivity contribution in [3.05, 3.63) is 130 Å². The number of aromatic hydroxyl groups is 1. The van der Waals surface area contributed by atoms with Crippen LogP contribution in [0.25, 0.3) is 22.1 Å². The molecule has 3 aromatic carbocycles. The average Bonchev–Trinajstić information content (AvgIpc) is 3.65. The molecule has 54 heavy (non-hydrogen) atoms. The van der Waals surface area contributed by atoms with Gasteiger partial charge in [-0.15, -0.1) is 0 Å². The van der Waals surface area contributed by atoms with Crippen molar-refractivity contribution in [2.75, 3.05) is 17.3 Å². The summed E-state index contributed by atoms with van der Waals surface area (Å²) >= 11 is 12.7. The van der Waals surface area contributed by atoms with Gasteiger partial charge in [0.15, 0.2) is 17.0 Å². The summed E-state index contributed by atoms with van der Waals surface area (Å²) in [4.78, 5) is 44.5. The summed E-state index contributed by atoms with van der Waals surface area (Å²) in [6, 6.07) is 15.3. The topological polar surface area (TPSA) is 131 Å². The zero-order valence-corrected chi connectivity index (χ0v) is 29.0. The van der Waals surface area contributed by atoms with Gasteiger partial charge in [-0.2, -0.15) is 13.2 Å². The number of alkyl halides is 3. The van der Waals surface area contributed by atoms with E-state index < -0.39 is 59.3 Å². The first-order valence-corrected chi connectivity index (χ1v) is 16.5. The number of hydrogen-bond acceptors (Lipinski definition) is 8. The maximum Gasteiger partial charge on any atom is 0.451 e. The van der Waals surface area contributed by atoms with Gasteiger partial charge in [0.2, 0.25) is 11.8 Å². The number of nitrogens with one attached hydrogen (secondary N) is 1. The van der Waals surface area contributed by atoms with E-state index in [0.29, 0.717) is 11.1 Å². The Hall–Kier alpha value is -6.13. The van der Waals surface area contributed by atoms with E-state index in [4.69, 9.17) is 23.2 Å². The molecule has 0 spiro atoms. The van der Waals surface area contributed by atoms with Gasteiger partial charge >= 0.3 is 6.18 Å². The Morgan fingerprint density at radius 1 is 0.926 bits per heavy atom. The summed E-state index contributed by atoms with van der Waals surface area (Å²) in [5.74, 6) is -6.27. The first-order valence-electron chi connectivity index (χ1n) is 15.7. The fourth-order valence-electron chi connectivity index (χ4n) is 5.88. The number of fused-ring (bicyclic) bond motifs is 2. The van der Waals surface area contributed by atoms with Crippen LogP contribution in [0.4, 0.5) is 39.4 Å². The molecule has 0 atom stereocenters. The number of imidazole rings is 1. The summed E-state index contributed by atoms with van der Waals surface area (Å²) in [7, 11) is 1.32. The van der Waals surface area contributed by atoms with Crippen molar-refractivity contribution in [3.63, 3.8) is 0 Å². The average molecular weight is 782 g/mol. The molecule has 2 N–H and O–H groups in total. The molecule has 274 valence electrons. The molecule has 1 amide bonds. The fraction of sp³-hybridized carbons (Fsp3) is 0.111. The van der Waals surface area contributed by atoms with Crippen LogP contribution in [0.2, 0.25) is 10.0 Å². The van der Waals surface area contributed by atoms with E-state index in [0.717, 1.165) is 15.5 Å². The lowest BCUT2D eigenvalue weighted by Crippen LogP contribution is -2.25. The van der Waals surface area contributed by atoms with Crippen LogP contribution >= 0.6 is 23.2 Å². The molecule has 0 fully saturated rings. The number of benzene rings is 3. The molecule has 11 nitrogen and oxygen atoms in total. The summed E-state index contributed by atoms with van der Waals surface area (Å²) in [6.07, 6.45) is -1.27. The molecule has 4 heterocycles. The minimum absolute atomic E-state index is 0.0136. The Morgan fingerprint density at radius 2 is 1.63 bits per heavy atom. The number of hydrogen-bond donors (Lipinski definition) is 2. The van der Waals surface area contributed by atoms with Gasteiger partial charge in [-0.3, -0.25) is 24.5 Å². The van der Waals surface area contributed by atoms with Crippen molar-refractivity contribution >= 4 is 74.4 Å². The third-order valence-corrected chi connectivity index (χ3v) is 8.96. The van der Waals surface area contributed by atoms with Crippen molar-refractivity contribution in [2.24, 2.45) is 0 Å². The van der Waals surface area contributed by atoms with Crippen LogP contribution in [0.3, 0.4) is 0 Å². The molecular weight excluding hydrogens is 758 g/mol. The van der Waals surface area contributed by atoms with Gasteiger partial charge in [0.25, 0.3) is 11.7 Å². The number of carbonyl (C=O) groups is 2. The normalized spacial score (nSPS) is 11.7. The quantitative estimate of drug-likeness (QED) is 0.0853. The van der Waals surface area contributed by atoms with Crippen LogP contribution in [0.1, 0.15) is 27.3 Å². The summed E-state index contributed by atoms with van der Waals surface area (Å²) < 4.78 is 74.2. The maximum atomic E-state index is 15.0. The predicted octanol–water partition coefficient (Wildman–Crippen LogP) is 8.17. The van der Waals surface area contributed by atoms with Gasteiger partial charge in [0.05, 0.1) is 27.8 Å². The Morgan fingerprint density at radius 3 is 2.31 bits per heavy atom. The van der Waals surface area contributed by atoms with Crippen molar-refractivity contribution in [3.8, 4) is 5.75 Å². The molecule has 0 saturated carbocycles. The van der Waals surface area contributed by atoms with E-state index in [1.165, 1.54) is 74.2 Å². The molecule has 0 aliphatic heterocycles. The molecule has 0 unspecified atom stereocenters. The Bertz CT molecular complexity index is 2590. The second-order valence-corrected chi connectivity index (χ2v) is 12.8. The number of ketones is 1. The van der Waals surface area contributed by atoms with Gasteiger partial charge in [0, 0.05) is 48.6 Å². The van der Waals surface area contributed by atoms with Crippen LogP contribution in [0.15, 0.2) is 85.3 Å². The molecule has 0 aliphatic carbocycles. The highest BCUT2D eigenvalue weighted by molar-refractivity contribution is 6.48. The largest absolute Gasteiger partial charge is 0.508 e. The first kappa shape index (κ1) is 36.2. The zero-order chi connectivity index (χ0) is 38.5. The van der Waals surface area contributed by atoms with Gasteiger partial charge < -0.3 is 14.6 Å². The monoisotopic (exact) mass is 780 g/mol. The standard InChI is InChI=1S/C36H23Cl2F5N8O3/c1-49(29-24(37)13-44-14-25(29)38)31-28-32(47-34(46-31)36(41,42)43)51(16-19-4-2-3-5-26(19)40)35(45-28)48-33(54)30(53)23-17-50(15-18-6-8-20(39)9-7-18)27-11-10-21(52)12-22(23)27/h2-14,17,52H,15-16H2,1H3,(H,45,48,54). The lowest BCUT2D eigenvalue weighted by atomic mass is 10.1. The predicted molar refractivity (Wildman–Crippen MR) is 190 cm³/mol. The minimum atomic E-state index is -5.09. The Balaban J connectivity index is 1.36. The highest BCUT2D eigenvalue weighted by Crippen LogP contribution is 2.40. The number of pyridine rings is 1. The van der Waals surface area contributed by atoms with Crippen molar-refractivity contribution < 1.29 is 36.6 Å². The van der Waals surface area contributed by atoms with Gasteiger partial charge in [-0.25, -0.2) is 23.7 Å². The number of amides is 1. The molecule has 7 rings (SSSR count). The molecule has 7 aromatic rings. The number of halogens is 7. The van der Waals surface area contributed by atoms with Gasteiger partial charge in [-0.1, -0.05) is 53.5 Å². The second kappa shape index (κ2) is 14.0. The third-order valence-electron chi connectivity index (χ3n) is 8.40. The molecule has 4 aromatic heterocycles. The van der Waals surface area contributed by atoms with E-state index in [1.54, 1.807) is 16.7 Å². The smallest absolute Gasteiger partial charge is 0.451 e. The van der Waals surface area contributed by atoms with E-state index >= 15 is 0 Å². The number of phenolic OH excluding ortho intramolecular Hbond substituents is 1. The minimum Gasteiger partial charge on any atom is -0.508 e. The highest BCUT2D eigenvalue weighted by atomic mass is 35.5. The number of Topliss-reactive ketones (excluding diaryl/α,β-unsaturated/α-hetero) is 1. The van der Waals surface area contributed by atoms with Crippen LogP contribution in [-0.2, 0) is 24.1 Å². The van der Waals surface area contributed by atoms with Crippen molar-refractivity contribution in [2.45, 2.75) is 19.3 Å². The maximum absolute atomic E-state index is 15.0. The molecule has 18 heteroatoms. The number of aromatic nitrogens is 6. The van der Waals surface area contributed by atoms with Gasteiger partial charge in [0.1, 0.15) is 17.4 Å². The molecular formula is C36H23Cl2F5N8O3. The number of anilines is 3. The second-order valence-electron chi connectivity index (χ2n) is 11.9. The lowest BCUT2D eigenvalue weighted by molar-refractivity contribution is -0.144. The Labute approximate surface area is 311 Å². The summed E-state index contributed by atoms with van der Waals surface area (Å²) in [5, 5.41) is 12.7. The number of carbonyl (C=O) groups excluding carboxylic acids is 2. The first-order chi connectivity index (χ1) is 25.7. The molecule has 0 saturated heterocycles. The lowest BCUT2D eigenvalue weighted by Gasteiger charge is -2.21. The van der Waals surface area contributed by atoms with Crippen LogP contribution in [0, 0.1) is 11.6 Å².